The Morgan fingerprint density at radius 1 is 1.53 bits per heavy atom. The highest BCUT2D eigenvalue weighted by Crippen LogP contribution is 2.36. The number of hydrogen-bond donors (Lipinski definition) is 1. The van der Waals surface area contributed by atoms with Gasteiger partial charge in [0.15, 0.2) is 0 Å². The van der Waals surface area contributed by atoms with E-state index in [0.29, 0.717) is 6.54 Å². The highest BCUT2D eigenvalue weighted by atomic mass is 35.5. The van der Waals surface area contributed by atoms with E-state index >= 15 is 0 Å². The van der Waals surface area contributed by atoms with Crippen molar-refractivity contribution < 1.29 is 4.79 Å². The van der Waals surface area contributed by atoms with Crippen LogP contribution in [0.4, 0.5) is 0 Å². The van der Waals surface area contributed by atoms with E-state index in [1.165, 1.54) is 0 Å². The fourth-order valence-corrected chi connectivity index (χ4v) is 3.04. The Kier molecular flexibility index (Phi) is 4.83. The first kappa shape index (κ1) is 14.4. The molecule has 0 aliphatic carbocycles. The van der Waals surface area contributed by atoms with Crippen LogP contribution in [0.25, 0.3) is 0 Å². The predicted octanol–water partition coefficient (Wildman–Crippen LogP) is 2.99. The van der Waals surface area contributed by atoms with Gasteiger partial charge in [-0.3, -0.25) is 4.79 Å². The van der Waals surface area contributed by atoms with E-state index in [1.54, 1.807) is 0 Å². The molecule has 104 valence electrons. The van der Waals surface area contributed by atoms with Crippen molar-refractivity contribution in [2.75, 3.05) is 13.1 Å². The topological polar surface area (TPSA) is 46.3 Å². The zero-order valence-electron chi connectivity index (χ0n) is 11.3. The Hall–Kier alpha value is -1.06. The van der Waals surface area contributed by atoms with Gasteiger partial charge >= 0.3 is 0 Å². The molecule has 0 radical (unpaired) electrons. The molecule has 1 aromatic carbocycles. The fourth-order valence-electron chi connectivity index (χ4n) is 2.78. The highest BCUT2D eigenvalue weighted by Gasteiger charge is 2.33. The van der Waals surface area contributed by atoms with Gasteiger partial charge in [0.25, 0.3) is 0 Å². The summed E-state index contributed by atoms with van der Waals surface area (Å²) in [6, 6.07) is 7.91. The molecule has 0 bridgehead atoms. The fraction of sp³-hybridized carbons (Fsp3) is 0.533. The molecule has 1 aliphatic rings. The lowest BCUT2D eigenvalue weighted by Crippen LogP contribution is -2.38. The number of halogens is 1. The predicted molar refractivity (Wildman–Crippen MR) is 78.0 cm³/mol. The van der Waals surface area contributed by atoms with Crippen LogP contribution in [0, 0.1) is 5.92 Å². The summed E-state index contributed by atoms with van der Waals surface area (Å²) >= 11 is 6.26. The van der Waals surface area contributed by atoms with Crippen LogP contribution in [0.15, 0.2) is 24.3 Å². The molecule has 2 unspecified atom stereocenters. The van der Waals surface area contributed by atoms with Gasteiger partial charge in [0.1, 0.15) is 0 Å². The van der Waals surface area contributed by atoms with Crippen LogP contribution < -0.4 is 5.73 Å². The number of amides is 1. The van der Waals surface area contributed by atoms with Crippen LogP contribution in [-0.4, -0.2) is 23.9 Å². The summed E-state index contributed by atoms with van der Waals surface area (Å²) in [4.78, 5) is 14.5. The van der Waals surface area contributed by atoms with E-state index in [-0.39, 0.29) is 17.9 Å². The number of nitrogens with zero attached hydrogens (tertiary/aromatic N) is 1. The molecular weight excluding hydrogens is 260 g/mol. The number of benzene rings is 1. The zero-order valence-corrected chi connectivity index (χ0v) is 12.1. The van der Waals surface area contributed by atoms with Crippen LogP contribution in [-0.2, 0) is 4.79 Å². The third kappa shape index (κ3) is 2.93. The second-order valence-corrected chi connectivity index (χ2v) is 5.46. The van der Waals surface area contributed by atoms with E-state index < -0.39 is 0 Å². The van der Waals surface area contributed by atoms with Crippen LogP contribution in [0.5, 0.6) is 0 Å². The Bertz CT molecular complexity index is 446. The smallest absolute Gasteiger partial charge is 0.227 e. The van der Waals surface area contributed by atoms with Crippen LogP contribution >= 0.6 is 11.6 Å². The highest BCUT2D eigenvalue weighted by molar-refractivity contribution is 6.31. The largest absolute Gasteiger partial charge is 0.335 e. The van der Waals surface area contributed by atoms with Crippen LogP contribution in [0.3, 0.4) is 0 Å². The number of hydrogen-bond acceptors (Lipinski definition) is 2. The van der Waals surface area contributed by atoms with E-state index in [9.17, 15) is 4.79 Å². The van der Waals surface area contributed by atoms with Crippen LogP contribution in [0.1, 0.15) is 37.8 Å². The maximum atomic E-state index is 12.5. The second-order valence-electron chi connectivity index (χ2n) is 5.05. The zero-order chi connectivity index (χ0) is 13.8. The summed E-state index contributed by atoms with van der Waals surface area (Å²) in [6.45, 7) is 3.24. The lowest BCUT2D eigenvalue weighted by atomic mass is 10.0. The molecule has 4 heteroatoms. The quantitative estimate of drug-likeness (QED) is 0.922. The van der Waals surface area contributed by atoms with Crippen molar-refractivity contribution in [2.45, 2.75) is 32.2 Å². The number of nitrogens with two attached hydrogens (primary N) is 1. The van der Waals surface area contributed by atoms with Gasteiger partial charge in [0.2, 0.25) is 5.91 Å². The van der Waals surface area contributed by atoms with Crippen molar-refractivity contribution in [3.63, 3.8) is 0 Å². The molecule has 2 atom stereocenters. The molecule has 2 N–H and O–H groups in total. The van der Waals surface area contributed by atoms with Gasteiger partial charge < -0.3 is 10.6 Å². The first-order valence-electron chi connectivity index (χ1n) is 6.94. The lowest BCUT2D eigenvalue weighted by molar-refractivity contribution is -0.136. The molecule has 1 aromatic rings. The average Bonchev–Trinajstić information content (AvgIpc) is 2.89. The standard InChI is InChI=1S/C15H21ClN2O/c1-2-11(10-17)15(19)18-9-5-8-14(18)12-6-3-4-7-13(12)16/h3-4,6-7,11,14H,2,5,8-10,17H2,1H3. The first-order valence-corrected chi connectivity index (χ1v) is 7.31. The minimum absolute atomic E-state index is 0.0666. The van der Waals surface area contributed by atoms with E-state index in [1.807, 2.05) is 36.1 Å². The molecule has 1 heterocycles. The summed E-state index contributed by atoms with van der Waals surface area (Å²) < 4.78 is 0. The normalized spacial score (nSPS) is 20.6. The Labute approximate surface area is 119 Å². The number of carbonyl (C=O) groups is 1. The monoisotopic (exact) mass is 280 g/mol. The number of carbonyl (C=O) groups excluding carboxylic acids is 1. The van der Waals surface area contributed by atoms with Crippen molar-refractivity contribution in [3.8, 4) is 0 Å². The summed E-state index contributed by atoms with van der Waals surface area (Å²) in [6.07, 6.45) is 2.81. The summed E-state index contributed by atoms with van der Waals surface area (Å²) in [7, 11) is 0. The summed E-state index contributed by atoms with van der Waals surface area (Å²) in [5.41, 5.74) is 6.75. The molecule has 1 fully saturated rings. The van der Waals surface area contributed by atoms with Gasteiger partial charge in [-0.2, -0.15) is 0 Å². The number of likely N-dealkylation sites (tertiary alicyclic amines) is 1. The average molecular weight is 281 g/mol. The SMILES string of the molecule is CCC(CN)C(=O)N1CCCC1c1ccccc1Cl. The lowest BCUT2D eigenvalue weighted by Gasteiger charge is -2.29. The van der Waals surface area contributed by atoms with E-state index in [4.69, 9.17) is 17.3 Å². The molecule has 1 aliphatic heterocycles. The maximum absolute atomic E-state index is 12.5. The summed E-state index contributed by atoms with van der Waals surface area (Å²) in [5.74, 6) is 0.107. The Balaban J connectivity index is 2.22. The van der Waals surface area contributed by atoms with E-state index in [2.05, 4.69) is 0 Å². The third-order valence-electron chi connectivity index (χ3n) is 3.93. The molecule has 2 rings (SSSR count). The van der Waals surface area contributed by atoms with Gasteiger partial charge in [-0.15, -0.1) is 0 Å². The van der Waals surface area contributed by atoms with Crippen molar-refractivity contribution >= 4 is 17.5 Å². The van der Waals surface area contributed by atoms with Crippen molar-refractivity contribution in [1.82, 2.24) is 4.90 Å². The Morgan fingerprint density at radius 2 is 2.26 bits per heavy atom. The molecule has 0 saturated carbocycles. The second kappa shape index (κ2) is 6.40. The third-order valence-corrected chi connectivity index (χ3v) is 4.27. The molecule has 1 saturated heterocycles. The van der Waals surface area contributed by atoms with Crippen molar-refractivity contribution in [2.24, 2.45) is 11.7 Å². The molecule has 0 aromatic heterocycles. The van der Waals surface area contributed by atoms with E-state index in [0.717, 1.165) is 36.4 Å². The minimum Gasteiger partial charge on any atom is -0.335 e. The molecule has 19 heavy (non-hydrogen) atoms. The van der Waals surface area contributed by atoms with Crippen molar-refractivity contribution in [3.05, 3.63) is 34.9 Å². The van der Waals surface area contributed by atoms with Gasteiger partial charge in [0, 0.05) is 18.1 Å². The molecule has 0 spiro atoms. The van der Waals surface area contributed by atoms with Gasteiger partial charge in [-0.05, 0) is 30.9 Å². The van der Waals surface area contributed by atoms with Gasteiger partial charge in [-0.25, -0.2) is 0 Å². The molecular formula is C15H21ClN2O. The summed E-state index contributed by atoms with van der Waals surface area (Å²) in [5, 5.41) is 0.744. The number of rotatable bonds is 4. The van der Waals surface area contributed by atoms with Crippen molar-refractivity contribution in [1.29, 1.82) is 0 Å². The molecule has 1 amide bonds. The Morgan fingerprint density at radius 3 is 2.89 bits per heavy atom. The maximum Gasteiger partial charge on any atom is 0.227 e. The first-order chi connectivity index (χ1) is 9.19. The molecule has 3 nitrogen and oxygen atoms in total. The van der Waals surface area contributed by atoms with Gasteiger partial charge in [0.05, 0.1) is 12.0 Å². The van der Waals surface area contributed by atoms with Crippen LogP contribution in [0.2, 0.25) is 5.02 Å². The van der Waals surface area contributed by atoms with Gasteiger partial charge in [-0.1, -0.05) is 36.7 Å². The minimum atomic E-state index is -0.0666.